The summed E-state index contributed by atoms with van der Waals surface area (Å²) in [7, 11) is 0. The van der Waals surface area contributed by atoms with E-state index in [2.05, 4.69) is 46.4 Å². The fourth-order valence-electron chi connectivity index (χ4n) is 4.33. The molecule has 0 spiro atoms. The molecule has 2 amide bonds. The lowest BCUT2D eigenvalue weighted by atomic mass is 9.69. The maximum absolute atomic E-state index is 12.4. The lowest BCUT2D eigenvalue weighted by molar-refractivity contribution is -0.122. The van der Waals surface area contributed by atoms with Crippen molar-refractivity contribution in [3.05, 3.63) is 22.2 Å². The molecule has 0 radical (unpaired) electrons. The summed E-state index contributed by atoms with van der Waals surface area (Å²) < 4.78 is 12.3. The molecule has 168 valence electrons. The monoisotopic (exact) mass is 492 g/mol. The quantitative estimate of drug-likeness (QED) is 0.677. The van der Waals surface area contributed by atoms with E-state index in [-0.39, 0.29) is 29.4 Å². The summed E-state index contributed by atoms with van der Waals surface area (Å²) in [5, 5.41) is 4.16. The van der Waals surface area contributed by atoms with E-state index in [1.807, 2.05) is 38.7 Å². The van der Waals surface area contributed by atoms with Crippen LogP contribution in [-0.2, 0) is 9.53 Å². The number of hydrazone groups is 1. The molecule has 1 aromatic rings. The predicted molar refractivity (Wildman–Crippen MR) is 121 cm³/mol. The van der Waals surface area contributed by atoms with Gasteiger partial charge in [-0.3, -0.25) is 4.79 Å². The number of carbonyl (C=O) groups excluding carboxylic acids is 2. The van der Waals surface area contributed by atoms with Crippen LogP contribution in [0.4, 0.5) is 10.5 Å². The van der Waals surface area contributed by atoms with Gasteiger partial charge in [0.1, 0.15) is 24.0 Å². The van der Waals surface area contributed by atoms with Crippen LogP contribution in [0.2, 0.25) is 0 Å². The van der Waals surface area contributed by atoms with E-state index < -0.39 is 5.60 Å². The summed E-state index contributed by atoms with van der Waals surface area (Å²) in [5.74, 6) is 1.42. The van der Waals surface area contributed by atoms with Crippen LogP contribution in [0.15, 0.2) is 21.7 Å². The third-order valence-electron chi connectivity index (χ3n) is 6.30. The number of hydrogen-bond donors (Lipinski definition) is 1. The summed E-state index contributed by atoms with van der Waals surface area (Å²) in [6, 6.07) is 3.67. The van der Waals surface area contributed by atoms with E-state index in [4.69, 9.17) is 9.47 Å². The van der Waals surface area contributed by atoms with Gasteiger partial charge in [-0.15, -0.1) is 0 Å². The van der Waals surface area contributed by atoms with Crippen LogP contribution in [0.5, 0.6) is 5.75 Å². The molecular formula is C22H29BrN4O4. The highest BCUT2D eigenvalue weighted by Gasteiger charge is 2.47. The molecule has 2 unspecified atom stereocenters. The molecule has 3 aliphatic rings. The number of nitrogens with zero attached hydrogens (tertiary/aromatic N) is 3. The Bertz CT molecular complexity index is 965. The van der Waals surface area contributed by atoms with Crippen LogP contribution in [-0.4, -0.2) is 54.1 Å². The Hall–Kier alpha value is -2.29. The van der Waals surface area contributed by atoms with Crippen molar-refractivity contribution in [2.45, 2.75) is 59.1 Å². The third-order valence-corrected chi connectivity index (χ3v) is 6.99. The summed E-state index contributed by atoms with van der Waals surface area (Å²) >= 11 is 3.71. The molecule has 0 bridgehead atoms. The van der Waals surface area contributed by atoms with Crippen LogP contribution < -0.4 is 15.1 Å². The van der Waals surface area contributed by atoms with E-state index in [0.717, 1.165) is 21.5 Å². The molecule has 1 fully saturated rings. The van der Waals surface area contributed by atoms with Crippen LogP contribution >= 0.6 is 15.9 Å². The van der Waals surface area contributed by atoms with Gasteiger partial charge in [0, 0.05) is 23.0 Å². The van der Waals surface area contributed by atoms with Gasteiger partial charge >= 0.3 is 6.09 Å². The maximum atomic E-state index is 12.4. The Morgan fingerprint density at radius 1 is 1.39 bits per heavy atom. The maximum Gasteiger partial charge on any atom is 0.410 e. The van der Waals surface area contributed by atoms with E-state index in [9.17, 15) is 9.59 Å². The number of amides is 2. The highest BCUT2D eigenvalue weighted by molar-refractivity contribution is 9.10. The molecule has 2 atom stereocenters. The number of halogens is 1. The highest BCUT2D eigenvalue weighted by atomic mass is 79.9. The van der Waals surface area contributed by atoms with Gasteiger partial charge in [-0.05, 0) is 51.3 Å². The Balaban J connectivity index is 1.59. The lowest BCUT2D eigenvalue weighted by Gasteiger charge is -2.51. The molecule has 0 aromatic heterocycles. The van der Waals surface area contributed by atoms with Crippen molar-refractivity contribution in [3.8, 4) is 5.75 Å². The van der Waals surface area contributed by atoms with Gasteiger partial charge in [0.05, 0.1) is 5.69 Å². The zero-order chi connectivity index (χ0) is 22.7. The molecule has 3 aliphatic heterocycles. The van der Waals surface area contributed by atoms with Crippen LogP contribution in [0.25, 0.3) is 0 Å². The van der Waals surface area contributed by atoms with Crippen molar-refractivity contribution in [1.82, 2.24) is 10.3 Å². The molecule has 1 aromatic carbocycles. The largest absolute Gasteiger partial charge is 0.483 e. The summed E-state index contributed by atoms with van der Waals surface area (Å²) in [5.41, 5.74) is 3.90. The second-order valence-corrected chi connectivity index (χ2v) is 10.7. The first-order valence-corrected chi connectivity index (χ1v) is 11.3. The van der Waals surface area contributed by atoms with Gasteiger partial charge < -0.3 is 19.3 Å². The average Bonchev–Trinajstić information content (AvgIpc) is 2.65. The number of benzene rings is 1. The Kier molecular flexibility index (Phi) is 5.23. The minimum Gasteiger partial charge on any atom is -0.483 e. The molecule has 0 saturated carbocycles. The van der Waals surface area contributed by atoms with Gasteiger partial charge in [0.2, 0.25) is 0 Å². The van der Waals surface area contributed by atoms with Gasteiger partial charge in [0.25, 0.3) is 5.91 Å². The number of fused-ring (bicyclic) bond motifs is 3. The molecule has 0 aliphatic carbocycles. The smallest absolute Gasteiger partial charge is 0.410 e. The van der Waals surface area contributed by atoms with Crippen molar-refractivity contribution in [1.29, 1.82) is 0 Å². The van der Waals surface area contributed by atoms with E-state index in [1.165, 1.54) is 0 Å². The lowest BCUT2D eigenvalue weighted by Crippen LogP contribution is -2.59. The number of nitrogens with one attached hydrogen (secondary N) is 1. The van der Waals surface area contributed by atoms with Gasteiger partial charge in [-0.25, -0.2) is 10.2 Å². The first kappa shape index (κ1) is 21.9. The van der Waals surface area contributed by atoms with Crippen molar-refractivity contribution in [2.75, 3.05) is 24.6 Å². The number of ether oxygens (including phenoxy) is 2. The van der Waals surface area contributed by atoms with Crippen LogP contribution in [0.1, 0.15) is 53.0 Å². The minimum atomic E-state index is -0.507. The highest BCUT2D eigenvalue weighted by Crippen LogP contribution is 2.48. The molecule has 1 N–H and O–H groups in total. The Morgan fingerprint density at radius 3 is 2.71 bits per heavy atom. The zero-order valence-electron chi connectivity index (χ0n) is 18.8. The summed E-state index contributed by atoms with van der Waals surface area (Å²) in [6.07, 6.45) is -0.274. The van der Waals surface area contributed by atoms with Crippen molar-refractivity contribution in [2.24, 2.45) is 10.5 Å². The molecule has 8 nitrogen and oxygen atoms in total. The first-order chi connectivity index (χ1) is 14.4. The molecule has 3 heterocycles. The molecule has 1 saturated heterocycles. The van der Waals surface area contributed by atoms with Crippen LogP contribution in [0.3, 0.4) is 0 Å². The normalized spacial score (nSPS) is 22.9. The van der Waals surface area contributed by atoms with E-state index >= 15 is 0 Å². The number of hydrogen-bond acceptors (Lipinski definition) is 6. The predicted octanol–water partition coefficient (Wildman–Crippen LogP) is 3.84. The molecule has 4 rings (SSSR count). The number of amidine groups is 1. The number of rotatable bonds is 2. The second kappa shape index (κ2) is 7.39. The molecule has 31 heavy (non-hydrogen) atoms. The van der Waals surface area contributed by atoms with Crippen molar-refractivity contribution >= 4 is 39.5 Å². The van der Waals surface area contributed by atoms with Gasteiger partial charge in [-0.2, -0.15) is 5.10 Å². The van der Waals surface area contributed by atoms with Crippen LogP contribution in [0, 0.1) is 5.41 Å². The van der Waals surface area contributed by atoms with Crippen molar-refractivity contribution in [3.63, 3.8) is 0 Å². The van der Waals surface area contributed by atoms with E-state index in [0.29, 0.717) is 25.5 Å². The summed E-state index contributed by atoms with van der Waals surface area (Å²) in [6.45, 7) is 13.4. The van der Waals surface area contributed by atoms with Crippen molar-refractivity contribution < 1.29 is 19.1 Å². The average molecular weight is 493 g/mol. The topological polar surface area (TPSA) is 83.5 Å². The number of carbonyl (C=O) groups is 2. The molecule has 9 heteroatoms. The van der Waals surface area contributed by atoms with Gasteiger partial charge in [0.15, 0.2) is 5.84 Å². The minimum absolute atomic E-state index is 0.0923. The Morgan fingerprint density at radius 2 is 2.06 bits per heavy atom. The fraction of sp³-hybridized carbons (Fsp3) is 0.591. The SMILES string of the molecule is CC1C(=O)NN=C2COc3cc(Br)c(C(C)C4(C)CN(C(=O)OC(C)(C)C)C4)cc3N21. The van der Waals surface area contributed by atoms with E-state index in [1.54, 1.807) is 4.90 Å². The Labute approximate surface area is 191 Å². The summed E-state index contributed by atoms with van der Waals surface area (Å²) in [4.78, 5) is 28.3. The number of anilines is 1. The standard InChI is InChI=1S/C22H29BrN4O4/c1-12(22(6)10-26(11-22)20(29)31-21(3,4)5)14-7-16-17(8-15(14)23)30-9-18-24-25-19(28)13(2)27(16)18/h7-8,12-13H,9-11H2,1-6H3,(H,25,28). The third kappa shape index (κ3) is 3.88. The van der Waals surface area contributed by atoms with Gasteiger partial charge in [-0.1, -0.05) is 29.8 Å². The zero-order valence-corrected chi connectivity index (χ0v) is 20.4. The number of likely N-dealkylation sites (tertiary alicyclic amines) is 1. The molecular weight excluding hydrogens is 464 g/mol. The second-order valence-electron chi connectivity index (χ2n) is 9.89. The fourth-order valence-corrected chi connectivity index (χ4v) is 4.99. The first-order valence-electron chi connectivity index (χ1n) is 10.5.